The third-order valence-corrected chi connectivity index (χ3v) is 6.27. The Labute approximate surface area is 234 Å². The Morgan fingerprint density at radius 3 is 2.41 bits per heavy atom. The van der Waals surface area contributed by atoms with Crippen molar-refractivity contribution in [3.8, 4) is 17.2 Å². The summed E-state index contributed by atoms with van der Waals surface area (Å²) < 4.78 is 16.7. The molecule has 0 bridgehead atoms. The molecular formula is C28H29BrN4O6. The van der Waals surface area contributed by atoms with Gasteiger partial charge in [-0.15, -0.1) is 0 Å². The number of halogens is 1. The minimum atomic E-state index is -0.916. The Morgan fingerprint density at radius 2 is 1.72 bits per heavy atom. The molecule has 10 nitrogen and oxygen atoms in total. The fraction of sp³-hybridized carbons (Fsp3) is 0.214. The molecule has 3 N–H and O–H groups in total. The van der Waals surface area contributed by atoms with Crippen molar-refractivity contribution in [1.82, 2.24) is 10.7 Å². The van der Waals surface area contributed by atoms with Gasteiger partial charge in [-0.2, -0.15) is 5.10 Å². The molecule has 3 aromatic carbocycles. The molecule has 0 saturated heterocycles. The second-order valence-electron chi connectivity index (χ2n) is 8.35. The molecule has 0 unspecified atom stereocenters. The van der Waals surface area contributed by atoms with E-state index in [-0.39, 0.29) is 19.1 Å². The van der Waals surface area contributed by atoms with E-state index >= 15 is 0 Å². The molecule has 0 radical (unpaired) electrons. The number of nitrogens with one attached hydrogen (secondary N) is 3. The first-order chi connectivity index (χ1) is 18.7. The third kappa shape index (κ3) is 8.30. The molecule has 0 saturated carbocycles. The summed E-state index contributed by atoms with van der Waals surface area (Å²) in [6, 6.07) is 16.0. The van der Waals surface area contributed by atoms with Crippen molar-refractivity contribution >= 4 is 45.6 Å². The lowest BCUT2D eigenvalue weighted by Gasteiger charge is -2.14. The molecule has 204 valence electrons. The molecule has 3 rings (SSSR count). The van der Waals surface area contributed by atoms with E-state index in [4.69, 9.17) is 14.2 Å². The summed E-state index contributed by atoms with van der Waals surface area (Å²) in [6.07, 6.45) is 1.35. The van der Waals surface area contributed by atoms with Gasteiger partial charge in [0.05, 0.1) is 24.9 Å². The highest BCUT2D eigenvalue weighted by Gasteiger charge is 2.15. The van der Waals surface area contributed by atoms with Gasteiger partial charge in [-0.05, 0) is 82.4 Å². The molecular weight excluding hydrogens is 568 g/mol. The smallest absolute Gasteiger partial charge is 0.329 e. The van der Waals surface area contributed by atoms with Crippen LogP contribution in [-0.4, -0.2) is 44.8 Å². The standard InChI is InChI=1S/C28H29BrN4O6/c1-17-6-5-7-23(18(17)2)32-25(34)16-39-26-22(29)12-20(13-24(26)38-4)15-31-33-28(36)27(35)30-14-19-8-10-21(37-3)11-9-19/h5-13,15H,14,16H2,1-4H3,(H,30,35)(H,32,34)(H,33,36)/b31-15-. The second-order valence-corrected chi connectivity index (χ2v) is 9.20. The van der Waals surface area contributed by atoms with Crippen molar-refractivity contribution in [3.63, 3.8) is 0 Å². The number of anilines is 1. The maximum Gasteiger partial charge on any atom is 0.329 e. The van der Waals surface area contributed by atoms with Crippen LogP contribution >= 0.6 is 15.9 Å². The average molecular weight is 597 g/mol. The molecule has 0 fully saturated rings. The van der Waals surface area contributed by atoms with Gasteiger partial charge in [0.15, 0.2) is 18.1 Å². The van der Waals surface area contributed by atoms with Gasteiger partial charge in [-0.1, -0.05) is 24.3 Å². The number of aryl methyl sites for hydroxylation is 1. The highest BCUT2D eigenvalue weighted by atomic mass is 79.9. The van der Waals surface area contributed by atoms with Crippen molar-refractivity contribution in [2.24, 2.45) is 5.10 Å². The molecule has 0 aliphatic rings. The van der Waals surface area contributed by atoms with E-state index in [0.717, 1.165) is 22.4 Å². The lowest BCUT2D eigenvalue weighted by Crippen LogP contribution is -2.37. The Kier molecular flexibility index (Phi) is 10.4. The zero-order valence-corrected chi connectivity index (χ0v) is 23.5. The fourth-order valence-electron chi connectivity index (χ4n) is 3.39. The summed E-state index contributed by atoms with van der Waals surface area (Å²) >= 11 is 3.42. The number of carbonyl (C=O) groups excluding carboxylic acids is 3. The molecule has 39 heavy (non-hydrogen) atoms. The average Bonchev–Trinajstić information content (AvgIpc) is 2.93. The van der Waals surface area contributed by atoms with E-state index in [1.165, 1.54) is 13.3 Å². The van der Waals surface area contributed by atoms with Crippen LogP contribution in [-0.2, 0) is 20.9 Å². The maximum absolute atomic E-state index is 12.4. The minimum absolute atomic E-state index is 0.175. The number of carbonyl (C=O) groups is 3. The van der Waals surface area contributed by atoms with Crippen molar-refractivity contribution in [1.29, 1.82) is 0 Å². The van der Waals surface area contributed by atoms with Crippen LogP contribution < -0.4 is 30.3 Å². The van der Waals surface area contributed by atoms with Crippen LogP contribution in [0.25, 0.3) is 0 Å². The second kappa shape index (κ2) is 14.0. The molecule has 3 amide bonds. The van der Waals surface area contributed by atoms with Gasteiger partial charge in [0.2, 0.25) is 0 Å². The molecule has 0 aliphatic carbocycles. The number of hydrogen-bond acceptors (Lipinski definition) is 7. The van der Waals surface area contributed by atoms with Crippen LogP contribution in [0.1, 0.15) is 22.3 Å². The van der Waals surface area contributed by atoms with Gasteiger partial charge >= 0.3 is 11.8 Å². The predicted octanol–water partition coefficient (Wildman–Crippen LogP) is 3.87. The first kappa shape index (κ1) is 29.2. The highest BCUT2D eigenvalue weighted by molar-refractivity contribution is 9.10. The summed E-state index contributed by atoms with van der Waals surface area (Å²) in [4.78, 5) is 36.6. The third-order valence-electron chi connectivity index (χ3n) is 5.68. The van der Waals surface area contributed by atoms with Crippen LogP contribution in [0.4, 0.5) is 5.69 Å². The summed E-state index contributed by atoms with van der Waals surface area (Å²) in [5.74, 6) is -0.707. The Bertz CT molecular complexity index is 1380. The van der Waals surface area contributed by atoms with Gasteiger partial charge in [0.25, 0.3) is 5.91 Å². The van der Waals surface area contributed by atoms with Crippen molar-refractivity contribution in [3.05, 3.63) is 81.3 Å². The van der Waals surface area contributed by atoms with Crippen molar-refractivity contribution in [2.45, 2.75) is 20.4 Å². The molecule has 0 aliphatic heterocycles. The topological polar surface area (TPSA) is 127 Å². The van der Waals surface area contributed by atoms with Gasteiger partial charge in [0, 0.05) is 12.2 Å². The molecule has 0 spiro atoms. The van der Waals surface area contributed by atoms with E-state index in [9.17, 15) is 14.4 Å². The normalized spacial score (nSPS) is 10.6. The summed E-state index contributed by atoms with van der Waals surface area (Å²) in [6.45, 7) is 3.84. The zero-order chi connectivity index (χ0) is 28.4. The highest BCUT2D eigenvalue weighted by Crippen LogP contribution is 2.36. The van der Waals surface area contributed by atoms with Crippen LogP contribution in [0, 0.1) is 13.8 Å². The number of methoxy groups -OCH3 is 2. The molecule has 3 aromatic rings. The first-order valence-electron chi connectivity index (χ1n) is 11.8. The van der Waals surface area contributed by atoms with Crippen LogP contribution in [0.15, 0.2) is 64.2 Å². The van der Waals surface area contributed by atoms with Gasteiger partial charge in [0.1, 0.15) is 5.75 Å². The number of benzene rings is 3. The Hall–Kier alpha value is -4.38. The van der Waals surface area contributed by atoms with Gasteiger partial charge in [-0.25, -0.2) is 5.43 Å². The Balaban J connectivity index is 1.54. The molecule has 0 atom stereocenters. The van der Waals surface area contributed by atoms with E-state index < -0.39 is 11.8 Å². The minimum Gasteiger partial charge on any atom is -0.497 e. The SMILES string of the molecule is COc1ccc(CNC(=O)C(=O)N/N=C\c2cc(Br)c(OCC(=O)Nc3cccc(C)c3C)c(OC)c2)cc1. The quantitative estimate of drug-likeness (QED) is 0.185. The first-order valence-corrected chi connectivity index (χ1v) is 12.6. The van der Waals surface area contributed by atoms with E-state index in [1.807, 2.05) is 32.0 Å². The number of amides is 3. The molecule has 0 aromatic heterocycles. The number of hydrazone groups is 1. The van der Waals surface area contributed by atoms with Gasteiger partial charge < -0.3 is 24.8 Å². The Morgan fingerprint density at radius 1 is 0.974 bits per heavy atom. The summed E-state index contributed by atoms with van der Waals surface area (Å²) in [5, 5.41) is 9.20. The zero-order valence-electron chi connectivity index (χ0n) is 22.0. The lowest BCUT2D eigenvalue weighted by atomic mass is 10.1. The van der Waals surface area contributed by atoms with Crippen LogP contribution in [0.5, 0.6) is 17.2 Å². The number of ether oxygens (including phenoxy) is 3. The molecule has 0 heterocycles. The summed E-state index contributed by atoms with van der Waals surface area (Å²) in [5.41, 5.74) is 6.31. The predicted molar refractivity (Wildman–Crippen MR) is 151 cm³/mol. The van der Waals surface area contributed by atoms with E-state index in [0.29, 0.717) is 27.3 Å². The lowest BCUT2D eigenvalue weighted by molar-refractivity contribution is -0.139. The number of nitrogens with zero attached hydrogens (tertiary/aromatic N) is 1. The maximum atomic E-state index is 12.4. The fourth-order valence-corrected chi connectivity index (χ4v) is 3.96. The van der Waals surface area contributed by atoms with Crippen LogP contribution in [0.2, 0.25) is 0 Å². The largest absolute Gasteiger partial charge is 0.497 e. The monoisotopic (exact) mass is 596 g/mol. The van der Waals surface area contributed by atoms with Gasteiger partial charge in [-0.3, -0.25) is 14.4 Å². The van der Waals surface area contributed by atoms with Crippen LogP contribution in [0.3, 0.4) is 0 Å². The van der Waals surface area contributed by atoms with Crippen molar-refractivity contribution in [2.75, 3.05) is 26.1 Å². The number of rotatable bonds is 10. The molecule has 11 heteroatoms. The van der Waals surface area contributed by atoms with E-state index in [2.05, 4.69) is 37.1 Å². The number of hydrogen-bond donors (Lipinski definition) is 3. The summed E-state index contributed by atoms with van der Waals surface area (Å²) in [7, 11) is 3.02. The van der Waals surface area contributed by atoms with E-state index in [1.54, 1.807) is 43.5 Å². The van der Waals surface area contributed by atoms with Crippen molar-refractivity contribution < 1.29 is 28.6 Å².